The molecule has 0 aliphatic carbocycles. The number of carbonyl (C=O) groups is 1. The van der Waals surface area contributed by atoms with Gasteiger partial charge in [0.05, 0.1) is 37.9 Å². The van der Waals surface area contributed by atoms with Crippen molar-refractivity contribution in [2.75, 3.05) is 25.7 Å². The molecule has 2 rings (SSSR count). The molecule has 8 heteroatoms. The molecule has 1 aromatic carbocycles. The highest BCUT2D eigenvalue weighted by atomic mass is 32.2. The summed E-state index contributed by atoms with van der Waals surface area (Å²) in [4.78, 5) is 11.8. The smallest absolute Gasteiger partial charge is 0.244 e. The van der Waals surface area contributed by atoms with Crippen molar-refractivity contribution >= 4 is 22.0 Å². The van der Waals surface area contributed by atoms with Crippen LogP contribution < -0.4 is 14.9 Å². The Kier molecular flexibility index (Phi) is 5.02. The van der Waals surface area contributed by atoms with Crippen LogP contribution in [0, 0.1) is 5.92 Å². The van der Waals surface area contributed by atoms with Gasteiger partial charge < -0.3 is 9.47 Å². The average molecular weight is 326 g/mol. The van der Waals surface area contributed by atoms with Gasteiger partial charge in [-0.2, -0.15) is 5.10 Å². The topological polar surface area (TPSA) is 94.1 Å². The molecule has 1 saturated heterocycles. The van der Waals surface area contributed by atoms with Gasteiger partial charge >= 0.3 is 0 Å². The molecule has 1 aliphatic heterocycles. The number of nitrogens with zero attached hydrogens (tertiary/aromatic N) is 1. The highest BCUT2D eigenvalue weighted by Crippen LogP contribution is 2.23. The van der Waals surface area contributed by atoms with E-state index in [1.807, 2.05) is 0 Å². The van der Waals surface area contributed by atoms with Gasteiger partial charge in [-0.15, -0.1) is 0 Å². The highest BCUT2D eigenvalue weighted by Gasteiger charge is 2.32. The molecule has 120 valence electrons. The van der Waals surface area contributed by atoms with Crippen molar-refractivity contribution in [2.24, 2.45) is 11.0 Å². The van der Waals surface area contributed by atoms with Crippen molar-refractivity contribution in [1.29, 1.82) is 0 Å². The Hall–Kier alpha value is -2.09. The van der Waals surface area contributed by atoms with Gasteiger partial charge in [-0.3, -0.25) is 4.79 Å². The van der Waals surface area contributed by atoms with Crippen LogP contribution in [-0.4, -0.2) is 46.3 Å². The minimum absolute atomic E-state index is 0.0567. The maximum atomic E-state index is 11.8. The second kappa shape index (κ2) is 6.78. The molecule has 0 unspecified atom stereocenters. The van der Waals surface area contributed by atoms with E-state index in [-0.39, 0.29) is 17.4 Å². The third-order valence-electron chi connectivity index (χ3n) is 3.42. The van der Waals surface area contributed by atoms with E-state index in [0.29, 0.717) is 23.5 Å². The highest BCUT2D eigenvalue weighted by molar-refractivity contribution is 7.91. The van der Waals surface area contributed by atoms with Gasteiger partial charge in [0.15, 0.2) is 9.84 Å². The second-order valence-electron chi connectivity index (χ2n) is 4.94. The number of amides is 1. The number of hydrazone groups is 1. The molecule has 1 heterocycles. The van der Waals surface area contributed by atoms with Crippen LogP contribution in [0.4, 0.5) is 0 Å². The number of methoxy groups -OCH3 is 2. The van der Waals surface area contributed by atoms with Gasteiger partial charge in [-0.05, 0) is 18.6 Å². The molecule has 1 atom stereocenters. The van der Waals surface area contributed by atoms with Crippen molar-refractivity contribution in [3.8, 4) is 11.5 Å². The fourth-order valence-electron chi connectivity index (χ4n) is 2.18. The van der Waals surface area contributed by atoms with Crippen LogP contribution in [0.15, 0.2) is 23.3 Å². The molecule has 1 amide bonds. The zero-order valence-corrected chi connectivity index (χ0v) is 13.2. The lowest BCUT2D eigenvalue weighted by molar-refractivity contribution is -0.124. The Bertz CT molecular complexity index is 684. The fourth-order valence-corrected chi connectivity index (χ4v) is 3.93. The Morgan fingerprint density at radius 3 is 2.73 bits per heavy atom. The Morgan fingerprint density at radius 1 is 1.36 bits per heavy atom. The quantitative estimate of drug-likeness (QED) is 0.631. The number of hydrogen-bond donors (Lipinski definition) is 1. The zero-order chi connectivity index (χ0) is 16.2. The summed E-state index contributed by atoms with van der Waals surface area (Å²) in [7, 11) is -0.00677. The van der Waals surface area contributed by atoms with Gasteiger partial charge in [0, 0.05) is 11.6 Å². The van der Waals surface area contributed by atoms with E-state index >= 15 is 0 Å². The lowest BCUT2D eigenvalue weighted by Gasteiger charge is -2.07. The molecule has 0 aromatic heterocycles. The zero-order valence-electron chi connectivity index (χ0n) is 12.4. The Labute approximate surface area is 129 Å². The number of nitrogens with one attached hydrogen (secondary N) is 1. The number of ether oxygens (including phenoxy) is 2. The summed E-state index contributed by atoms with van der Waals surface area (Å²) in [6.07, 6.45) is 1.79. The largest absolute Gasteiger partial charge is 0.497 e. The van der Waals surface area contributed by atoms with Gasteiger partial charge in [-0.1, -0.05) is 0 Å². The standard InChI is InChI=1S/C14H18N2O5S/c1-20-12-4-3-10(13(7-12)21-2)8-15-16-14(17)11-5-6-22(18,19)9-11/h3-4,7-8,11H,5-6,9H2,1-2H3,(H,16,17)/b15-8-/t11-/m0/s1. The molecule has 22 heavy (non-hydrogen) atoms. The van der Waals surface area contributed by atoms with Crippen molar-refractivity contribution in [3.05, 3.63) is 23.8 Å². The lowest BCUT2D eigenvalue weighted by atomic mass is 10.1. The van der Waals surface area contributed by atoms with Gasteiger partial charge in [0.25, 0.3) is 0 Å². The Balaban J connectivity index is 1.99. The molecule has 1 aliphatic rings. The van der Waals surface area contributed by atoms with E-state index in [0.717, 1.165) is 0 Å². The van der Waals surface area contributed by atoms with E-state index in [4.69, 9.17) is 9.47 Å². The summed E-state index contributed by atoms with van der Waals surface area (Å²) in [5.41, 5.74) is 3.04. The van der Waals surface area contributed by atoms with Crippen LogP contribution in [-0.2, 0) is 14.6 Å². The molecule has 1 fully saturated rings. The average Bonchev–Trinajstić information content (AvgIpc) is 2.87. The maximum absolute atomic E-state index is 11.8. The molecular weight excluding hydrogens is 308 g/mol. The van der Waals surface area contributed by atoms with Crippen LogP contribution in [0.3, 0.4) is 0 Å². The third kappa shape index (κ3) is 3.97. The van der Waals surface area contributed by atoms with E-state index in [9.17, 15) is 13.2 Å². The molecule has 0 saturated carbocycles. The summed E-state index contributed by atoms with van der Waals surface area (Å²) in [6, 6.07) is 5.19. The lowest BCUT2D eigenvalue weighted by Crippen LogP contribution is -2.27. The summed E-state index contributed by atoms with van der Waals surface area (Å²) in [6.45, 7) is 0. The van der Waals surface area contributed by atoms with Crippen LogP contribution in [0.1, 0.15) is 12.0 Å². The van der Waals surface area contributed by atoms with E-state index in [1.165, 1.54) is 13.3 Å². The molecule has 7 nitrogen and oxygen atoms in total. The van der Waals surface area contributed by atoms with Gasteiger partial charge in [0.1, 0.15) is 11.5 Å². The first kappa shape index (κ1) is 16.3. The first-order chi connectivity index (χ1) is 10.4. The SMILES string of the molecule is COc1ccc(/C=N\NC(=O)[C@H]2CCS(=O)(=O)C2)c(OC)c1. The van der Waals surface area contributed by atoms with Crippen LogP contribution in [0.2, 0.25) is 0 Å². The predicted molar refractivity (Wildman–Crippen MR) is 82.0 cm³/mol. The molecule has 1 aromatic rings. The van der Waals surface area contributed by atoms with Gasteiger partial charge in [0.2, 0.25) is 5.91 Å². The number of hydrogen-bond acceptors (Lipinski definition) is 6. The van der Waals surface area contributed by atoms with Gasteiger partial charge in [-0.25, -0.2) is 13.8 Å². The fraction of sp³-hybridized carbons (Fsp3) is 0.429. The van der Waals surface area contributed by atoms with E-state index in [2.05, 4.69) is 10.5 Å². The second-order valence-corrected chi connectivity index (χ2v) is 7.17. The van der Waals surface area contributed by atoms with Crippen molar-refractivity contribution in [3.63, 3.8) is 0 Å². The van der Waals surface area contributed by atoms with Crippen LogP contribution in [0.5, 0.6) is 11.5 Å². The molecule has 0 spiro atoms. The summed E-state index contributed by atoms with van der Waals surface area (Å²) >= 11 is 0. The number of carbonyl (C=O) groups excluding carboxylic acids is 1. The monoisotopic (exact) mass is 326 g/mol. The predicted octanol–water partition coefficient (Wildman–Crippen LogP) is 0.589. The summed E-state index contributed by atoms with van der Waals surface area (Å²) in [5.74, 6) is 0.237. The third-order valence-corrected chi connectivity index (χ3v) is 5.19. The maximum Gasteiger partial charge on any atom is 0.244 e. The minimum atomic E-state index is -3.08. The van der Waals surface area contributed by atoms with Crippen LogP contribution >= 0.6 is 0 Å². The van der Waals surface area contributed by atoms with E-state index < -0.39 is 15.8 Å². The molecule has 1 N–H and O–H groups in total. The van der Waals surface area contributed by atoms with Crippen LogP contribution in [0.25, 0.3) is 0 Å². The van der Waals surface area contributed by atoms with Crippen molar-refractivity contribution in [2.45, 2.75) is 6.42 Å². The molecular formula is C14H18N2O5S. The van der Waals surface area contributed by atoms with E-state index in [1.54, 1.807) is 25.3 Å². The van der Waals surface area contributed by atoms with Crippen molar-refractivity contribution < 1.29 is 22.7 Å². The summed E-state index contributed by atoms with van der Waals surface area (Å²) < 4.78 is 33.0. The first-order valence-electron chi connectivity index (χ1n) is 6.70. The molecule has 0 bridgehead atoms. The summed E-state index contributed by atoms with van der Waals surface area (Å²) in [5, 5.41) is 3.86. The number of rotatable bonds is 5. The number of benzene rings is 1. The Morgan fingerprint density at radius 2 is 2.14 bits per heavy atom. The first-order valence-corrected chi connectivity index (χ1v) is 8.52. The molecule has 0 radical (unpaired) electrons. The van der Waals surface area contributed by atoms with Crippen molar-refractivity contribution in [1.82, 2.24) is 5.43 Å². The normalized spacial score (nSPS) is 20.0. The minimum Gasteiger partial charge on any atom is -0.497 e. The number of sulfone groups is 1.